The molecule has 0 saturated heterocycles. The molecule has 0 fully saturated rings. The first kappa shape index (κ1) is 12.7. The van der Waals surface area contributed by atoms with Gasteiger partial charge in [0.15, 0.2) is 0 Å². The van der Waals surface area contributed by atoms with Crippen LogP contribution in [0.3, 0.4) is 0 Å². The lowest BCUT2D eigenvalue weighted by atomic mass is 10.2. The third-order valence-electron chi connectivity index (χ3n) is 2.32. The third kappa shape index (κ3) is 2.59. The molecule has 0 aliphatic rings. The number of aliphatic hydroxyl groups excluding tert-OH is 1. The number of ether oxygens (including phenoxy) is 1. The molecule has 2 unspecified atom stereocenters. The van der Waals surface area contributed by atoms with Crippen molar-refractivity contribution in [3.05, 3.63) is 18.2 Å². The number of hydrogen-bond donors (Lipinski definition) is 2. The van der Waals surface area contributed by atoms with E-state index in [4.69, 9.17) is 15.6 Å². The fraction of sp³-hybridized carbons (Fsp3) is 0.600. The van der Waals surface area contributed by atoms with Crippen LogP contribution in [-0.4, -0.2) is 33.8 Å². The SMILES string of the molecule is CCOC(=O)C(C)n1cncc1C(N)CO. The van der Waals surface area contributed by atoms with Crippen LogP contribution in [0.15, 0.2) is 12.5 Å². The van der Waals surface area contributed by atoms with E-state index in [2.05, 4.69) is 4.98 Å². The summed E-state index contributed by atoms with van der Waals surface area (Å²) >= 11 is 0. The van der Waals surface area contributed by atoms with Crippen LogP contribution in [0.5, 0.6) is 0 Å². The number of carbonyl (C=O) groups excluding carboxylic acids is 1. The van der Waals surface area contributed by atoms with Crippen molar-refractivity contribution in [2.45, 2.75) is 25.9 Å². The third-order valence-corrected chi connectivity index (χ3v) is 2.32. The predicted molar refractivity (Wildman–Crippen MR) is 57.6 cm³/mol. The number of nitrogens with zero attached hydrogens (tertiary/aromatic N) is 2. The average molecular weight is 227 g/mol. The van der Waals surface area contributed by atoms with Gasteiger partial charge in [0.05, 0.1) is 31.3 Å². The highest BCUT2D eigenvalue weighted by atomic mass is 16.5. The maximum Gasteiger partial charge on any atom is 0.328 e. The van der Waals surface area contributed by atoms with Crippen molar-refractivity contribution in [2.24, 2.45) is 5.73 Å². The largest absolute Gasteiger partial charge is 0.464 e. The van der Waals surface area contributed by atoms with Crippen molar-refractivity contribution in [2.75, 3.05) is 13.2 Å². The van der Waals surface area contributed by atoms with Crippen LogP contribution in [0.2, 0.25) is 0 Å². The molecule has 0 aliphatic heterocycles. The van der Waals surface area contributed by atoms with Gasteiger partial charge in [-0.1, -0.05) is 0 Å². The number of rotatable bonds is 5. The van der Waals surface area contributed by atoms with Crippen LogP contribution in [0.25, 0.3) is 0 Å². The van der Waals surface area contributed by atoms with Crippen molar-refractivity contribution in [1.82, 2.24) is 9.55 Å². The fourth-order valence-corrected chi connectivity index (χ4v) is 1.40. The first-order valence-corrected chi connectivity index (χ1v) is 5.16. The van der Waals surface area contributed by atoms with Gasteiger partial charge >= 0.3 is 5.97 Å². The molecule has 1 aromatic rings. The standard InChI is InChI=1S/C10H17N3O3/c1-3-16-10(15)7(2)13-6-12-4-9(13)8(11)5-14/h4,6-8,14H,3,5,11H2,1-2H3. The molecule has 1 aromatic heterocycles. The Bertz CT molecular complexity index is 351. The summed E-state index contributed by atoms with van der Waals surface area (Å²) in [5.74, 6) is -0.341. The summed E-state index contributed by atoms with van der Waals surface area (Å²) < 4.78 is 6.51. The van der Waals surface area contributed by atoms with E-state index in [0.717, 1.165) is 0 Å². The highest BCUT2D eigenvalue weighted by molar-refractivity contribution is 5.73. The Hall–Kier alpha value is -1.40. The van der Waals surface area contributed by atoms with Gasteiger partial charge in [0.1, 0.15) is 6.04 Å². The summed E-state index contributed by atoms with van der Waals surface area (Å²) in [6.45, 7) is 3.59. The molecule has 0 amide bonds. The molecule has 0 aromatic carbocycles. The highest BCUT2D eigenvalue weighted by Gasteiger charge is 2.20. The summed E-state index contributed by atoms with van der Waals surface area (Å²) in [6.07, 6.45) is 3.04. The van der Waals surface area contributed by atoms with Crippen LogP contribution in [-0.2, 0) is 9.53 Å². The first-order chi connectivity index (χ1) is 7.61. The van der Waals surface area contributed by atoms with Crippen LogP contribution in [0.1, 0.15) is 31.6 Å². The van der Waals surface area contributed by atoms with E-state index in [0.29, 0.717) is 12.3 Å². The van der Waals surface area contributed by atoms with Gasteiger partial charge < -0.3 is 20.1 Å². The Balaban J connectivity index is 2.87. The van der Waals surface area contributed by atoms with Gasteiger partial charge in [-0.25, -0.2) is 9.78 Å². The molecule has 0 spiro atoms. The van der Waals surface area contributed by atoms with E-state index in [1.54, 1.807) is 18.4 Å². The van der Waals surface area contributed by atoms with Gasteiger partial charge in [0.2, 0.25) is 0 Å². The number of hydrogen-bond acceptors (Lipinski definition) is 5. The van der Waals surface area contributed by atoms with Gasteiger partial charge in [-0.2, -0.15) is 0 Å². The minimum atomic E-state index is -0.542. The number of esters is 1. The maximum absolute atomic E-state index is 11.5. The molecule has 0 radical (unpaired) electrons. The second-order valence-corrected chi connectivity index (χ2v) is 3.44. The lowest BCUT2D eigenvalue weighted by Crippen LogP contribution is -2.25. The van der Waals surface area contributed by atoms with Gasteiger partial charge in [-0.3, -0.25) is 0 Å². The molecule has 6 heteroatoms. The monoisotopic (exact) mass is 227 g/mol. The Labute approximate surface area is 94.0 Å². The van der Waals surface area contributed by atoms with Crippen molar-refractivity contribution in [3.63, 3.8) is 0 Å². The van der Waals surface area contributed by atoms with Gasteiger partial charge in [-0.15, -0.1) is 0 Å². The zero-order valence-corrected chi connectivity index (χ0v) is 9.46. The van der Waals surface area contributed by atoms with E-state index in [9.17, 15) is 4.79 Å². The minimum Gasteiger partial charge on any atom is -0.464 e. The zero-order valence-electron chi connectivity index (χ0n) is 9.46. The van der Waals surface area contributed by atoms with Crippen molar-refractivity contribution in [3.8, 4) is 0 Å². The molecular formula is C10H17N3O3. The van der Waals surface area contributed by atoms with Crippen molar-refractivity contribution in [1.29, 1.82) is 0 Å². The van der Waals surface area contributed by atoms with Crippen LogP contribution in [0.4, 0.5) is 0 Å². The summed E-state index contributed by atoms with van der Waals surface area (Å²) in [4.78, 5) is 15.4. The number of aliphatic hydroxyl groups is 1. The molecule has 1 rings (SSSR count). The fourth-order valence-electron chi connectivity index (χ4n) is 1.40. The molecule has 2 atom stereocenters. The maximum atomic E-state index is 11.5. The molecule has 90 valence electrons. The van der Waals surface area contributed by atoms with Gasteiger partial charge in [-0.05, 0) is 13.8 Å². The number of carbonyl (C=O) groups is 1. The molecular weight excluding hydrogens is 210 g/mol. The second-order valence-electron chi connectivity index (χ2n) is 3.44. The minimum absolute atomic E-state index is 0.193. The Morgan fingerprint density at radius 3 is 3.00 bits per heavy atom. The number of nitrogens with two attached hydrogens (primary N) is 1. The molecule has 0 bridgehead atoms. The van der Waals surface area contributed by atoms with Crippen LogP contribution in [0, 0.1) is 0 Å². The van der Waals surface area contributed by atoms with E-state index in [1.807, 2.05) is 0 Å². The van der Waals surface area contributed by atoms with E-state index < -0.39 is 12.1 Å². The number of imidazole rings is 1. The Morgan fingerprint density at radius 2 is 2.44 bits per heavy atom. The summed E-state index contributed by atoms with van der Waals surface area (Å²) in [6, 6.07) is -1.03. The smallest absolute Gasteiger partial charge is 0.328 e. The summed E-state index contributed by atoms with van der Waals surface area (Å²) in [5, 5.41) is 8.97. The Morgan fingerprint density at radius 1 is 1.75 bits per heavy atom. The van der Waals surface area contributed by atoms with E-state index in [1.165, 1.54) is 12.5 Å². The summed E-state index contributed by atoms with van der Waals surface area (Å²) in [7, 11) is 0. The van der Waals surface area contributed by atoms with Crippen LogP contribution >= 0.6 is 0 Å². The molecule has 16 heavy (non-hydrogen) atoms. The lowest BCUT2D eigenvalue weighted by Gasteiger charge is -2.17. The normalized spacial score (nSPS) is 14.5. The van der Waals surface area contributed by atoms with E-state index in [-0.39, 0.29) is 12.6 Å². The van der Waals surface area contributed by atoms with Crippen molar-refractivity contribution < 1.29 is 14.6 Å². The van der Waals surface area contributed by atoms with Gasteiger partial charge in [0, 0.05) is 6.20 Å². The number of aromatic nitrogens is 2. The predicted octanol–water partition coefficient (Wildman–Crippen LogP) is -0.000700. The van der Waals surface area contributed by atoms with E-state index >= 15 is 0 Å². The zero-order chi connectivity index (χ0) is 12.1. The summed E-state index contributed by atoms with van der Waals surface area (Å²) in [5.41, 5.74) is 6.30. The lowest BCUT2D eigenvalue weighted by molar-refractivity contribution is -0.146. The molecule has 0 aliphatic carbocycles. The highest BCUT2D eigenvalue weighted by Crippen LogP contribution is 2.16. The van der Waals surface area contributed by atoms with Crippen LogP contribution < -0.4 is 5.73 Å². The molecule has 0 saturated carbocycles. The molecule has 6 nitrogen and oxygen atoms in total. The Kier molecular flexibility index (Phi) is 4.45. The average Bonchev–Trinajstić information content (AvgIpc) is 2.76. The second kappa shape index (κ2) is 5.62. The first-order valence-electron chi connectivity index (χ1n) is 5.16. The van der Waals surface area contributed by atoms with Gasteiger partial charge in [0.25, 0.3) is 0 Å². The molecule has 1 heterocycles. The topological polar surface area (TPSA) is 90.4 Å². The van der Waals surface area contributed by atoms with Crippen molar-refractivity contribution >= 4 is 5.97 Å². The quantitative estimate of drug-likeness (QED) is 0.691. The molecule has 3 N–H and O–H groups in total.